The molecule has 0 radical (unpaired) electrons. The summed E-state index contributed by atoms with van der Waals surface area (Å²) in [6.45, 7) is 5.11. The second kappa shape index (κ2) is 7.65. The Morgan fingerprint density at radius 2 is 2.10 bits per heavy atom. The van der Waals surface area contributed by atoms with Gasteiger partial charge in [0, 0.05) is 16.8 Å². The van der Waals surface area contributed by atoms with Crippen molar-refractivity contribution in [3.05, 3.63) is 32.3 Å². The molecule has 1 aliphatic carbocycles. The molecule has 1 saturated heterocycles. The quantitative estimate of drug-likeness (QED) is 0.553. The molecule has 1 unspecified atom stereocenters. The predicted molar refractivity (Wildman–Crippen MR) is 116 cm³/mol. The van der Waals surface area contributed by atoms with Gasteiger partial charge in [0.15, 0.2) is 5.69 Å². The van der Waals surface area contributed by atoms with Crippen LogP contribution in [0.3, 0.4) is 0 Å². The molecule has 0 saturated carbocycles. The zero-order valence-corrected chi connectivity index (χ0v) is 18.4. The molecule has 5 rings (SSSR count). The number of aromatic nitrogens is 3. The van der Waals surface area contributed by atoms with Gasteiger partial charge in [0.05, 0.1) is 18.0 Å². The second-order valence-electron chi connectivity index (χ2n) is 7.63. The van der Waals surface area contributed by atoms with E-state index in [9.17, 15) is 4.79 Å². The van der Waals surface area contributed by atoms with E-state index in [1.165, 1.54) is 28.7 Å². The lowest BCUT2D eigenvalue weighted by atomic mass is 9.97. The van der Waals surface area contributed by atoms with Crippen molar-refractivity contribution >= 4 is 44.7 Å². The molecule has 152 valence electrons. The number of rotatable bonds is 4. The van der Waals surface area contributed by atoms with Gasteiger partial charge in [-0.05, 0) is 57.9 Å². The van der Waals surface area contributed by atoms with E-state index in [0.717, 1.165) is 53.7 Å². The fourth-order valence-electron chi connectivity index (χ4n) is 4.47. The highest BCUT2D eigenvalue weighted by atomic mass is 32.1. The van der Waals surface area contributed by atoms with E-state index >= 15 is 0 Å². The molecule has 0 aromatic carbocycles. The topological polar surface area (TPSA) is 68.2 Å². The normalized spacial score (nSPS) is 19.0. The summed E-state index contributed by atoms with van der Waals surface area (Å²) in [6, 6.07) is 0.153. The number of hydrogen-bond donors (Lipinski definition) is 0. The summed E-state index contributed by atoms with van der Waals surface area (Å²) >= 11 is 3.39. The van der Waals surface area contributed by atoms with E-state index in [0.29, 0.717) is 12.3 Å². The number of esters is 1. The van der Waals surface area contributed by atoms with Crippen LogP contribution < -0.4 is 4.90 Å². The number of hydrogen-bond acceptors (Lipinski definition) is 8. The zero-order chi connectivity index (χ0) is 20.0. The van der Waals surface area contributed by atoms with Gasteiger partial charge in [0.1, 0.15) is 21.5 Å². The lowest BCUT2D eigenvalue weighted by Crippen LogP contribution is -2.24. The molecule has 0 N–H and O–H groups in total. The Labute approximate surface area is 178 Å². The van der Waals surface area contributed by atoms with Gasteiger partial charge in [-0.1, -0.05) is 0 Å². The molecular formula is C21H24N4O2S2. The van der Waals surface area contributed by atoms with Gasteiger partial charge in [-0.2, -0.15) is 0 Å². The highest BCUT2D eigenvalue weighted by Gasteiger charge is 2.33. The number of aryl methyl sites for hydroxylation is 3. The second-order valence-corrected chi connectivity index (χ2v) is 9.60. The average molecular weight is 429 g/mol. The first kappa shape index (κ1) is 18.9. The van der Waals surface area contributed by atoms with Gasteiger partial charge in [-0.25, -0.2) is 19.7 Å². The number of thiazole rings is 1. The van der Waals surface area contributed by atoms with Crippen LogP contribution in [0.15, 0.2) is 5.38 Å². The van der Waals surface area contributed by atoms with Gasteiger partial charge in [-0.3, -0.25) is 0 Å². The molecule has 29 heavy (non-hydrogen) atoms. The van der Waals surface area contributed by atoms with Gasteiger partial charge in [-0.15, -0.1) is 22.7 Å². The number of thiophene rings is 1. The number of anilines is 1. The van der Waals surface area contributed by atoms with Gasteiger partial charge < -0.3 is 9.64 Å². The Hall–Kier alpha value is -2.06. The summed E-state index contributed by atoms with van der Waals surface area (Å²) in [7, 11) is 0. The predicted octanol–water partition coefficient (Wildman–Crippen LogP) is 4.85. The first-order chi connectivity index (χ1) is 14.2. The highest BCUT2D eigenvalue weighted by Crippen LogP contribution is 2.44. The summed E-state index contributed by atoms with van der Waals surface area (Å²) in [5, 5.41) is 4.04. The average Bonchev–Trinajstić information content (AvgIpc) is 3.44. The van der Waals surface area contributed by atoms with Crippen LogP contribution in [0.4, 0.5) is 5.82 Å². The molecule has 1 fully saturated rings. The first-order valence-electron chi connectivity index (χ1n) is 10.3. The van der Waals surface area contributed by atoms with Crippen LogP contribution >= 0.6 is 22.7 Å². The Morgan fingerprint density at radius 3 is 2.97 bits per heavy atom. The Morgan fingerprint density at radius 1 is 1.24 bits per heavy atom. The maximum Gasteiger partial charge on any atom is 0.357 e. The third kappa shape index (κ3) is 3.32. The molecular weight excluding hydrogens is 404 g/mol. The zero-order valence-electron chi connectivity index (χ0n) is 16.7. The molecule has 4 heterocycles. The van der Waals surface area contributed by atoms with E-state index in [4.69, 9.17) is 14.7 Å². The van der Waals surface area contributed by atoms with Crippen LogP contribution in [-0.4, -0.2) is 34.1 Å². The van der Waals surface area contributed by atoms with E-state index in [1.54, 1.807) is 11.3 Å². The van der Waals surface area contributed by atoms with Crippen LogP contribution in [0.2, 0.25) is 0 Å². The summed E-state index contributed by atoms with van der Waals surface area (Å²) in [5.41, 5.74) is 1.87. The van der Waals surface area contributed by atoms with E-state index in [1.807, 2.05) is 30.6 Å². The number of ether oxygens (including phenoxy) is 1. The van der Waals surface area contributed by atoms with Crippen molar-refractivity contribution in [2.75, 3.05) is 18.1 Å². The van der Waals surface area contributed by atoms with Crippen LogP contribution in [0.5, 0.6) is 0 Å². The van der Waals surface area contributed by atoms with Crippen molar-refractivity contribution in [3.8, 4) is 0 Å². The minimum atomic E-state index is -0.341. The molecule has 1 atom stereocenters. The smallest absolute Gasteiger partial charge is 0.357 e. The minimum absolute atomic E-state index is 0.153. The molecule has 2 aliphatic rings. The third-order valence-electron chi connectivity index (χ3n) is 5.72. The summed E-state index contributed by atoms with van der Waals surface area (Å²) in [4.78, 5) is 31.4. The van der Waals surface area contributed by atoms with E-state index in [-0.39, 0.29) is 12.0 Å². The fourth-order valence-corrected chi connectivity index (χ4v) is 6.70. The Kier molecular flexibility index (Phi) is 4.99. The third-order valence-corrected chi connectivity index (χ3v) is 7.86. The van der Waals surface area contributed by atoms with Gasteiger partial charge >= 0.3 is 5.97 Å². The van der Waals surface area contributed by atoms with Crippen molar-refractivity contribution in [2.45, 2.75) is 58.4 Å². The Balaban J connectivity index is 1.56. The molecule has 3 aromatic heterocycles. The van der Waals surface area contributed by atoms with Gasteiger partial charge in [0.25, 0.3) is 0 Å². The number of carbonyl (C=O) groups is 1. The van der Waals surface area contributed by atoms with E-state index in [2.05, 4.69) is 9.88 Å². The molecule has 6 nitrogen and oxygen atoms in total. The molecule has 0 spiro atoms. The summed E-state index contributed by atoms with van der Waals surface area (Å²) < 4.78 is 5.11. The van der Waals surface area contributed by atoms with Crippen molar-refractivity contribution in [2.24, 2.45) is 0 Å². The van der Waals surface area contributed by atoms with Crippen molar-refractivity contribution in [1.29, 1.82) is 0 Å². The standard InChI is InChI=1S/C21H24N4O2S2/c1-3-27-21(26)14-11-28-19(24-14)15-8-6-10-25(15)18-17-13-7-4-5-9-16(13)29-20(17)23-12(2)22-18/h11,15H,3-10H2,1-2H3. The monoisotopic (exact) mass is 428 g/mol. The molecule has 3 aromatic rings. The first-order valence-corrected chi connectivity index (χ1v) is 12.0. The van der Waals surface area contributed by atoms with E-state index < -0.39 is 0 Å². The molecule has 0 bridgehead atoms. The molecule has 8 heteroatoms. The Bertz CT molecular complexity index is 1070. The van der Waals surface area contributed by atoms with Gasteiger partial charge in [0.2, 0.25) is 0 Å². The van der Waals surface area contributed by atoms with Crippen LogP contribution in [-0.2, 0) is 17.6 Å². The molecule has 1 aliphatic heterocycles. The van der Waals surface area contributed by atoms with Crippen LogP contribution in [0, 0.1) is 6.92 Å². The molecule has 0 amide bonds. The van der Waals surface area contributed by atoms with Crippen molar-refractivity contribution in [3.63, 3.8) is 0 Å². The highest BCUT2D eigenvalue weighted by molar-refractivity contribution is 7.19. The minimum Gasteiger partial charge on any atom is -0.461 e. The summed E-state index contributed by atoms with van der Waals surface area (Å²) in [5.74, 6) is 1.54. The maximum atomic E-state index is 12.1. The van der Waals surface area contributed by atoms with Crippen LogP contribution in [0.1, 0.15) is 70.4 Å². The number of fused-ring (bicyclic) bond motifs is 3. The van der Waals surface area contributed by atoms with Crippen molar-refractivity contribution in [1.82, 2.24) is 15.0 Å². The maximum absolute atomic E-state index is 12.1. The summed E-state index contributed by atoms with van der Waals surface area (Å²) in [6.07, 6.45) is 6.91. The van der Waals surface area contributed by atoms with Crippen molar-refractivity contribution < 1.29 is 9.53 Å². The number of carbonyl (C=O) groups excluding carboxylic acids is 1. The SMILES string of the molecule is CCOC(=O)c1csc(C2CCCN2c2nc(C)nc3sc4c(c23)CCCC4)n1. The van der Waals surface area contributed by atoms with Crippen LogP contribution in [0.25, 0.3) is 10.2 Å². The lowest BCUT2D eigenvalue weighted by molar-refractivity contribution is 0.0520. The largest absolute Gasteiger partial charge is 0.461 e. The fraction of sp³-hybridized carbons (Fsp3) is 0.524. The number of nitrogens with zero attached hydrogens (tertiary/aromatic N) is 4. The lowest BCUT2D eigenvalue weighted by Gasteiger charge is -2.26.